The average Bonchev–Trinajstić information content (AvgIpc) is 3.62. The van der Waals surface area contributed by atoms with Crippen LogP contribution in [-0.2, 0) is 32.6 Å². The number of amides is 2. The first-order valence-electron chi connectivity index (χ1n) is 22.2. The number of ether oxygens (including phenoxy) is 1. The minimum absolute atomic E-state index is 0.00527. The van der Waals surface area contributed by atoms with E-state index in [1.54, 1.807) is 60.0 Å². The fourth-order valence-corrected chi connectivity index (χ4v) is 10.8. The fraction of sp³-hybridized carbons (Fsp3) is 0.574. The van der Waals surface area contributed by atoms with Crippen LogP contribution in [-0.4, -0.2) is 131 Å². The number of aliphatic hydroxyl groups is 2. The molecule has 18 heteroatoms. The standard InChI is InChI=1S/C47H65F3N6O8S/c1-28-38-23-34(46(38,3)4)24-39(28)53-45(60)42-41(29(2)58)40(27-57)64-56(42)25-31-15-12-16-37(43(31)63-8)32-20-33(22-36(21-32)55(7)18-17-51-65(61,62)47(48,49)50)44(59)52-35(26-54(5)6)19-30-13-10-9-11-14-30/h9-16,20-22,28-29,34-35,38-42,51,57-58H,17-19,23-27H2,1-8H3,(H,52,59)(H,53,60)/t28-,29-,34?,35-,38-,39?,40-,41+,42-/m0/s1. The Labute approximate surface area is 380 Å². The van der Waals surface area contributed by atoms with E-state index in [9.17, 15) is 41.4 Å². The molecule has 9 atom stereocenters. The first-order valence-corrected chi connectivity index (χ1v) is 23.6. The molecule has 3 aromatic carbocycles. The van der Waals surface area contributed by atoms with E-state index < -0.39 is 58.8 Å². The second kappa shape index (κ2) is 20.3. The van der Waals surface area contributed by atoms with E-state index in [1.165, 1.54) is 12.2 Å². The highest BCUT2D eigenvalue weighted by atomic mass is 32.2. The van der Waals surface area contributed by atoms with E-state index in [2.05, 4.69) is 31.4 Å². The number of benzene rings is 3. The maximum Gasteiger partial charge on any atom is 0.511 e. The van der Waals surface area contributed by atoms with E-state index in [0.29, 0.717) is 52.9 Å². The van der Waals surface area contributed by atoms with E-state index in [1.807, 2.05) is 49.3 Å². The molecule has 2 unspecified atom stereocenters. The fourth-order valence-electron chi connectivity index (χ4n) is 10.3. The Hall–Kier alpha value is -4.30. The molecule has 1 heterocycles. The minimum Gasteiger partial charge on any atom is -0.496 e. The maximum absolute atomic E-state index is 14.4. The average molecular weight is 931 g/mol. The number of carbonyl (C=O) groups is 2. The molecule has 3 aromatic rings. The second-order valence-electron chi connectivity index (χ2n) is 18.9. The Bertz CT molecular complexity index is 2250. The number of para-hydroxylation sites is 1. The Kier molecular flexibility index (Phi) is 15.6. The highest BCUT2D eigenvalue weighted by Crippen LogP contribution is 2.61. The number of anilines is 1. The number of carbonyl (C=O) groups excluding carboxylic acids is 2. The maximum atomic E-state index is 14.4. The van der Waals surface area contributed by atoms with Crippen LogP contribution in [0, 0.1) is 29.1 Å². The van der Waals surface area contributed by atoms with Crippen molar-refractivity contribution in [2.45, 2.75) is 89.3 Å². The number of likely N-dealkylation sites (N-methyl/N-ethyl adjacent to an activating group) is 2. The third-order valence-corrected chi connectivity index (χ3v) is 15.1. The molecule has 4 aliphatic rings. The van der Waals surface area contributed by atoms with Crippen LogP contribution in [0.5, 0.6) is 5.75 Å². The van der Waals surface area contributed by atoms with Crippen LogP contribution in [0.1, 0.15) is 62.0 Å². The number of methoxy groups -OCH3 is 1. The van der Waals surface area contributed by atoms with Gasteiger partial charge in [0.25, 0.3) is 5.91 Å². The van der Waals surface area contributed by atoms with Crippen molar-refractivity contribution in [3.63, 3.8) is 0 Å². The summed E-state index contributed by atoms with van der Waals surface area (Å²) in [6.45, 7) is 7.67. The number of sulfonamides is 1. The lowest BCUT2D eigenvalue weighted by atomic mass is 9.45. The highest BCUT2D eigenvalue weighted by molar-refractivity contribution is 7.90. The van der Waals surface area contributed by atoms with Crippen molar-refractivity contribution in [2.24, 2.45) is 29.1 Å². The summed E-state index contributed by atoms with van der Waals surface area (Å²) in [7, 11) is 1.27. The highest BCUT2D eigenvalue weighted by Gasteiger charge is 2.57. The van der Waals surface area contributed by atoms with Crippen molar-refractivity contribution in [1.29, 1.82) is 0 Å². The van der Waals surface area contributed by atoms with Gasteiger partial charge >= 0.3 is 15.5 Å². The molecule has 0 spiro atoms. The Morgan fingerprint density at radius 3 is 2.35 bits per heavy atom. The van der Waals surface area contributed by atoms with Crippen LogP contribution < -0.4 is 25.0 Å². The summed E-state index contributed by atoms with van der Waals surface area (Å²) in [4.78, 5) is 38.4. The van der Waals surface area contributed by atoms with Crippen molar-refractivity contribution in [1.82, 2.24) is 25.3 Å². The molecule has 4 fully saturated rings. The Morgan fingerprint density at radius 2 is 1.75 bits per heavy atom. The molecule has 0 radical (unpaired) electrons. The molecule has 0 aromatic heterocycles. The van der Waals surface area contributed by atoms with Crippen LogP contribution in [0.15, 0.2) is 66.7 Å². The van der Waals surface area contributed by atoms with Gasteiger partial charge in [-0.1, -0.05) is 69.3 Å². The lowest BCUT2D eigenvalue weighted by molar-refractivity contribution is -0.183. The number of fused-ring (bicyclic) bond motifs is 2. The monoisotopic (exact) mass is 930 g/mol. The Morgan fingerprint density at radius 1 is 1.05 bits per heavy atom. The molecule has 3 saturated carbocycles. The number of hydroxylamine groups is 2. The van der Waals surface area contributed by atoms with Gasteiger partial charge < -0.3 is 35.4 Å². The van der Waals surface area contributed by atoms with Gasteiger partial charge in [0.2, 0.25) is 5.91 Å². The zero-order valence-corrected chi connectivity index (χ0v) is 39.2. The molecule has 3 aliphatic carbocycles. The second-order valence-corrected chi connectivity index (χ2v) is 20.6. The summed E-state index contributed by atoms with van der Waals surface area (Å²) in [6, 6.07) is 18.7. The smallest absolute Gasteiger partial charge is 0.496 e. The van der Waals surface area contributed by atoms with Crippen LogP contribution in [0.2, 0.25) is 0 Å². The molecular formula is C47H65F3N6O8S. The van der Waals surface area contributed by atoms with E-state index >= 15 is 0 Å². The largest absolute Gasteiger partial charge is 0.511 e. The minimum atomic E-state index is -5.59. The van der Waals surface area contributed by atoms with Crippen molar-refractivity contribution in [2.75, 3.05) is 59.4 Å². The summed E-state index contributed by atoms with van der Waals surface area (Å²) in [5.74, 6) is 0.123. The van der Waals surface area contributed by atoms with Gasteiger partial charge in [-0.2, -0.15) is 18.2 Å². The van der Waals surface area contributed by atoms with E-state index in [4.69, 9.17) is 9.57 Å². The third kappa shape index (κ3) is 11.1. The number of halogens is 3. The van der Waals surface area contributed by atoms with Gasteiger partial charge in [-0.15, -0.1) is 0 Å². The molecule has 358 valence electrons. The predicted molar refractivity (Wildman–Crippen MR) is 242 cm³/mol. The summed E-state index contributed by atoms with van der Waals surface area (Å²) in [5.41, 5.74) is -2.00. The summed E-state index contributed by atoms with van der Waals surface area (Å²) in [6.07, 6.45) is 0.649. The van der Waals surface area contributed by atoms with Crippen LogP contribution in [0.4, 0.5) is 18.9 Å². The number of rotatable bonds is 19. The van der Waals surface area contributed by atoms with Gasteiger partial charge in [0.05, 0.1) is 26.4 Å². The number of hydrogen-bond donors (Lipinski definition) is 5. The summed E-state index contributed by atoms with van der Waals surface area (Å²) < 4.78 is 70.6. The lowest BCUT2D eigenvalue weighted by Gasteiger charge is -2.62. The number of hydrogen-bond acceptors (Lipinski definition) is 11. The molecule has 5 N–H and O–H groups in total. The molecule has 2 amide bonds. The van der Waals surface area contributed by atoms with Gasteiger partial charge in [-0.05, 0) is 92.8 Å². The lowest BCUT2D eigenvalue weighted by Crippen LogP contribution is -2.62. The van der Waals surface area contributed by atoms with Gasteiger partial charge in [0.1, 0.15) is 17.9 Å². The van der Waals surface area contributed by atoms with Crippen molar-refractivity contribution >= 4 is 27.5 Å². The normalized spacial score (nSPS) is 25.1. The molecular weight excluding hydrogens is 866 g/mol. The number of aliphatic hydroxyl groups excluding tert-OH is 2. The van der Waals surface area contributed by atoms with Crippen LogP contribution in [0.25, 0.3) is 11.1 Å². The van der Waals surface area contributed by atoms with Gasteiger partial charge in [-0.3, -0.25) is 14.4 Å². The number of nitrogens with one attached hydrogen (secondary N) is 3. The molecule has 65 heavy (non-hydrogen) atoms. The van der Waals surface area contributed by atoms with Crippen LogP contribution >= 0.6 is 0 Å². The zero-order chi connectivity index (χ0) is 47.6. The molecule has 7 rings (SSSR count). The molecule has 1 aliphatic heterocycles. The van der Waals surface area contributed by atoms with Crippen LogP contribution in [0.3, 0.4) is 0 Å². The van der Waals surface area contributed by atoms with Gasteiger partial charge in [0, 0.05) is 67.1 Å². The number of nitrogens with zero attached hydrogens (tertiary/aromatic N) is 3. The van der Waals surface area contributed by atoms with Gasteiger partial charge in [0.15, 0.2) is 0 Å². The first-order chi connectivity index (χ1) is 30.6. The zero-order valence-electron chi connectivity index (χ0n) is 38.4. The van der Waals surface area contributed by atoms with E-state index in [-0.39, 0.29) is 48.0 Å². The number of alkyl halides is 3. The van der Waals surface area contributed by atoms with Crippen molar-refractivity contribution in [3.8, 4) is 16.9 Å². The topological polar surface area (TPSA) is 173 Å². The quantitative estimate of drug-likeness (QED) is 0.112. The van der Waals surface area contributed by atoms with Crippen molar-refractivity contribution in [3.05, 3.63) is 83.4 Å². The molecule has 14 nitrogen and oxygen atoms in total. The summed E-state index contributed by atoms with van der Waals surface area (Å²) in [5, 5.41) is 29.4. The van der Waals surface area contributed by atoms with Gasteiger partial charge in [-0.25, -0.2) is 13.1 Å². The SMILES string of the molecule is COc1c(CN2O[C@@H](CO)[C@@H]([C@H](C)O)[C@H]2C(=O)NC2CC3C[C@@H]([C@@H]2C)C3(C)C)cccc1-c1cc(C(=O)N[C@@H](Cc2ccccc2)CN(C)C)cc(N(C)CCNS(=O)(=O)C(F)(F)F)c1. The Balaban J connectivity index is 1.33. The predicted octanol–water partition coefficient (Wildman–Crippen LogP) is 4.80. The molecule has 1 saturated heterocycles. The third-order valence-electron chi connectivity index (χ3n) is 13.9. The first kappa shape index (κ1) is 50.1. The molecule has 2 bridgehead atoms. The summed E-state index contributed by atoms with van der Waals surface area (Å²) >= 11 is 0. The van der Waals surface area contributed by atoms with Crippen molar-refractivity contribution < 1.29 is 51.0 Å². The van der Waals surface area contributed by atoms with E-state index in [0.717, 1.165) is 18.4 Å².